The normalized spacial score (nSPS) is 16.8. The SMILES string of the molecule is CC1(C)C(=O)N(c2ccc(C#N)c(I)c2)C(=S)N1CCCCO. The number of thiocarbonyl (C=S) groups is 1. The average molecular weight is 443 g/mol. The molecule has 23 heavy (non-hydrogen) atoms. The number of hydrogen-bond acceptors (Lipinski definition) is 4. The van der Waals surface area contributed by atoms with E-state index in [0.29, 0.717) is 29.3 Å². The maximum atomic E-state index is 12.8. The highest BCUT2D eigenvalue weighted by Crippen LogP contribution is 2.33. The van der Waals surface area contributed by atoms with E-state index in [-0.39, 0.29) is 12.5 Å². The van der Waals surface area contributed by atoms with E-state index in [9.17, 15) is 4.79 Å². The Kier molecular flexibility index (Phi) is 5.60. The molecule has 0 bridgehead atoms. The molecule has 1 aromatic carbocycles. The monoisotopic (exact) mass is 443 g/mol. The summed E-state index contributed by atoms with van der Waals surface area (Å²) in [5, 5.41) is 18.4. The maximum Gasteiger partial charge on any atom is 0.258 e. The third-order valence-corrected chi connectivity index (χ3v) is 5.24. The number of halogens is 1. The van der Waals surface area contributed by atoms with Gasteiger partial charge in [-0.1, -0.05) is 0 Å². The Balaban J connectivity index is 2.33. The van der Waals surface area contributed by atoms with E-state index < -0.39 is 5.54 Å². The summed E-state index contributed by atoms with van der Waals surface area (Å²) in [5.41, 5.74) is 0.540. The predicted octanol–water partition coefficient (Wildman–Crippen LogP) is 2.65. The van der Waals surface area contributed by atoms with Crippen molar-refractivity contribution in [1.29, 1.82) is 5.26 Å². The fourth-order valence-corrected chi connectivity index (χ4v) is 3.68. The number of unbranched alkanes of at least 4 members (excludes halogenated alkanes) is 1. The minimum Gasteiger partial charge on any atom is -0.396 e. The van der Waals surface area contributed by atoms with Crippen molar-refractivity contribution in [3.8, 4) is 6.07 Å². The molecule has 1 aliphatic rings. The Bertz CT molecular complexity index is 684. The molecule has 2 rings (SSSR count). The van der Waals surface area contributed by atoms with Crippen LogP contribution in [0.2, 0.25) is 0 Å². The van der Waals surface area contributed by atoms with Gasteiger partial charge in [0.1, 0.15) is 11.6 Å². The number of benzene rings is 1. The van der Waals surface area contributed by atoms with Crippen LogP contribution in [0, 0.1) is 14.9 Å². The minimum absolute atomic E-state index is 0.0768. The van der Waals surface area contributed by atoms with E-state index in [4.69, 9.17) is 22.6 Å². The highest BCUT2D eigenvalue weighted by molar-refractivity contribution is 14.1. The summed E-state index contributed by atoms with van der Waals surface area (Å²) in [6.45, 7) is 4.47. The molecule has 0 aliphatic carbocycles. The summed E-state index contributed by atoms with van der Waals surface area (Å²) in [5.74, 6) is -0.0768. The lowest BCUT2D eigenvalue weighted by atomic mass is 10.0. The second-order valence-corrected chi connectivity index (χ2v) is 7.37. The zero-order chi connectivity index (χ0) is 17.2. The summed E-state index contributed by atoms with van der Waals surface area (Å²) >= 11 is 7.61. The highest BCUT2D eigenvalue weighted by Gasteiger charge is 2.49. The Labute approximate surface area is 155 Å². The molecule has 0 unspecified atom stereocenters. The van der Waals surface area contributed by atoms with E-state index >= 15 is 0 Å². The molecular formula is C16H18IN3O2S. The van der Waals surface area contributed by atoms with Gasteiger partial charge in [0, 0.05) is 16.7 Å². The molecule has 1 amide bonds. The van der Waals surface area contributed by atoms with Gasteiger partial charge >= 0.3 is 0 Å². The number of rotatable bonds is 5. The lowest BCUT2D eigenvalue weighted by Gasteiger charge is -2.29. The van der Waals surface area contributed by atoms with E-state index in [0.717, 1.165) is 9.99 Å². The molecule has 1 aliphatic heterocycles. The third-order valence-electron chi connectivity index (χ3n) is 3.94. The van der Waals surface area contributed by atoms with Crippen LogP contribution >= 0.6 is 34.8 Å². The lowest BCUT2D eigenvalue weighted by molar-refractivity contribution is -0.123. The van der Waals surface area contributed by atoms with Gasteiger partial charge in [-0.15, -0.1) is 0 Å². The van der Waals surface area contributed by atoms with Gasteiger partial charge in [0.05, 0.1) is 11.3 Å². The number of carbonyl (C=O) groups excluding carboxylic acids is 1. The molecule has 0 atom stereocenters. The van der Waals surface area contributed by atoms with Crippen LogP contribution in [-0.4, -0.2) is 39.7 Å². The van der Waals surface area contributed by atoms with Crippen molar-refractivity contribution in [1.82, 2.24) is 4.90 Å². The van der Waals surface area contributed by atoms with Crippen molar-refractivity contribution in [2.75, 3.05) is 18.1 Å². The number of aliphatic hydroxyl groups is 1. The smallest absolute Gasteiger partial charge is 0.258 e. The van der Waals surface area contributed by atoms with E-state index in [1.807, 2.05) is 18.7 Å². The van der Waals surface area contributed by atoms with Crippen LogP contribution in [0.1, 0.15) is 32.3 Å². The molecule has 122 valence electrons. The van der Waals surface area contributed by atoms with E-state index in [2.05, 4.69) is 28.7 Å². The molecule has 5 nitrogen and oxygen atoms in total. The minimum atomic E-state index is -0.716. The molecule has 1 N–H and O–H groups in total. The summed E-state index contributed by atoms with van der Waals surface area (Å²) in [6.07, 6.45) is 1.45. The Morgan fingerprint density at radius 2 is 2.09 bits per heavy atom. The second-order valence-electron chi connectivity index (χ2n) is 5.84. The van der Waals surface area contributed by atoms with Crippen molar-refractivity contribution < 1.29 is 9.90 Å². The van der Waals surface area contributed by atoms with Gasteiger partial charge in [0.2, 0.25) is 0 Å². The first-order valence-electron chi connectivity index (χ1n) is 7.31. The first-order valence-corrected chi connectivity index (χ1v) is 8.80. The molecule has 0 saturated carbocycles. The lowest BCUT2D eigenvalue weighted by Crippen LogP contribution is -2.44. The molecule has 0 aromatic heterocycles. The second kappa shape index (κ2) is 7.11. The predicted molar refractivity (Wildman–Crippen MR) is 101 cm³/mol. The molecule has 0 radical (unpaired) electrons. The summed E-state index contributed by atoms with van der Waals surface area (Å²) < 4.78 is 0.787. The number of nitrogens with zero attached hydrogens (tertiary/aromatic N) is 3. The van der Waals surface area contributed by atoms with Crippen molar-refractivity contribution in [2.24, 2.45) is 0 Å². The third kappa shape index (κ3) is 3.34. The van der Waals surface area contributed by atoms with E-state index in [1.165, 1.54) is 4.90 Å². The number of nitriles is 1. The molecular weight excluding hydrogens is 425 g/mol. The molecule has 7 heteroatoms. The van der Waals surface area contributed by atoms with Crippen LogP contribution < -0.4 is 4.90 Å². The van der Waals surface area contributed by atoms with Crippen LogP contribution in [0.15, 0.2) is 18.2 Å². The van der Waals surface area contributed by atoms with Gasteiger partial charge in [-0.3, -0.25) is 9.69 Å². The van der Waals surface area contributed by atoms with Crippen molar-refractivity contribution in [3.05, 3.63) is 27.3 Å². The quantitative estimate of drug-likeness (QED) is 0.431. The first-order chi connectivity index (χ1) is 10.8. The van der Waals surface area contributed by atoms with Crippen LogP contribution in [-0.2, 0) is 4.79 Å². The maximum absolute atomic E-state index is 12.8. The van der Waals surface area contributed by atoms with Gasteiger partial charge in [-0.25, -0.2) is 0 Å². The standard InChI is InChI=1S/C16H18IN3O2S/c1-16(2)14(22)20(15(23)19(16)7-3-4-8-21)12-6-5-11(10-18)13(17)9-12/h5-6,9,21H,3-4,7-8H2,1-2H3. The summed E-state index contributed by atoms with van der Waals surface area (Å²) in [4.78, 5) is 16.3. The number of hydrogen-bond donors (Lipinski definition) is 1. The summed E-state index contributed by atoms with van der Waals surface area (Å²) in [6, 6.07) is 7.37. The number of carbonyl (C=O) groups is 1. The topological polar surface area (TPSA) is 67.6 Å². The molecule has 0 spiro atoms. The Morgan fingerprint density at radius 3 is 2.65 bits per heavy atom. The number of aliphatic hydroxyl groups excluding tert-OH is 1. The van der Waals surface area contributed by atoms with Crippen LogP contribution in [0.5, 0.6) is 0 Å². The van der Waals surface area contributed by atoms with Gasteiger partial charge < -0.3 is 10.0 Å². The van der Waals surface area contributed by atoms with Gasteiger partial charge in [0.15, 0.2) is 5.11 Å². The van der Waals surface area contributed by atoms with Crippen molar-refractivity contribution >= 4 is 51.5 Å². The Morgan fingerprint density at radius 1 is 1.39 bits per heavy atom. The fraction of sp³-hybridized carbons (Fsp3) is 0.438. The fourth-order valence-electron chi connectivity index (χ4n) is 2.55. The largest absolute Gasteiger partial charge is 0.396 e. The molecule has 1 fully saturated rings. The van der Waals surface area contributed by atoms with Gasteiger partial charge in [-0.2, -0.15) is 5.26 Å². The Hall–Kier alpha value is -1.24. The summed E-state index contributed by atoms with van der Waals surface area (Å²) in [7, 11) is 0. The van der Waals surface area contributed by atoms with Gasteiger partial charge in [0.25, 0.3) is 5.91 Å². The zero-order valence-electron chi connectivity index (χ0n) is 13.0. The first kappa shape index (κ1) is 18.1. The molecule has 1 saturated heterocycles. The van der Waals surface area contributed by atoms with Crippen molar-refractivity contribution in [3.63, 3.8) is 0 Å². The van der Waals surface area contributed by atoms with Crippen LogP contribution in [0.3, 0.4) is 0 Å². The number of amides is 1. The van der Waals surface area contributed by atoms with Crippen molar-refractivity contribution in [2.45, 2.75) is 32.2 Å². The molecule has 1 heterocycles. The van der Waals surface area contributed by atoms with Gasteiger partial charge in [-0.05, 0) is 79.7 Å². The zero-order valence-corrected chi connectivity index (χ0v) is 16.0. The van der Waals surface area contributed by atoms with Crippen LogP contribution in [0.25, 0.3) is 0 Å². The highest BCUT2D eigenvalue weighted by atomic mass is 127. The molecule has 1 aromatic rings. The number of anilines is 1. The average Bonchev–Trinajstić information content (AvgIpc) is 2.67. The van der Waals surface area contributed by atoms with E-state index in [1.54, 1.807) is 18.2 Å². The van der Waals surface area contributed by atoms with Crippen LogP contribution in [0.4, 0.5) is 5.69 Å².